The van der Waals surface area contributed by atoms with Crippen LogP contribution >= 0.6 is 0 Å². The normalized spacial score (nSPS) is 21.4. The lowest BCUT2D eigenvalue weighted by atomic mass is 10.0. The number of nitrogens with zero attached hydrogens (tertiary/aromatic N) is 1. The molecule has 1 aromatic rings. The van der Waals surface area contributed by atoms with Gasteiger partial charge in [-0.2, -0.15) is 0 Å². The van der Waals surface area contributed by atoms with Gasteiger partial charge < -0.3 is 5.32 Å². The lowest BCUT2D eigenvalue weighted by Crippen LogP contribution is -2.54. The van der Waals surface area contributed by atoms with Gasteiger partial charge in [0.05, 0.1) is 18.2 Å². The van der Waals surface area contributed by atoms with Crippen LogP contribution in [0, 0.1) is 7.05 Å². The zero-order valence-corrected chi connectivity index (χ0v) is 10.9. The van der Waals surface area contributed by atoms with E-state index in [4.69, 9.17) is 7.05 Å². The van der Waals surface area contributed by atoms with Crippen LogP contribution in [-0.4, -0.2) is 34.6 Å². The predicted molar refractivity (Wildman–Crippen MR) is 71.0 cm³/mol. The van der Waals surface area contributed by atoms with Crippen LogP contribution in [0.25, 0.3) is 0 Å². The summed E-state index contributed by atoms with van der Waals surface area (Å²) in [7, 11) is 5.34. The number of piperidine rings is 1. The SMILES string of the molecule is [CH]Nc1cccc2c1C(=O)N(C1CCC(=O)NC1=O)C2=O. The van der Waals surface area contributed by atoms with Crippen molar-refractivity contribution in [1.82, 2.24) is 10.2 Å². The van der Waals surface area contributed by atoms with E-state index < -0.39 is 29.7 Å². The highest BCUT2D eigenvalue weighted by molar-refractivity contribution is 6.25. The fraction of sp³-hybridized carbons (Fsp3) is 0.214. The van der Waals surface area contributed by atoms with Crippen molar-refractivity contribution in [2.45, 2.75) is 18.9 Å². The van der Waals surface area contributed by atoms with E-state index in [1.807, 2.05) is 0 Å². The molecular formula is C14H11N3O4. The van der Waals surface area contributed by atoms with Gasteiger partial charge in [-0.05, 0) is 18.6 Å². The van der Waals surface area contributed by atoms with Gasteiger partial charge in [-0.1, -0.05) is 6.07 Å². The van der Waals surface area contributed by atoms with Crippen molar-refractivity contribution < 1.29 is 19.2 Å². The summed E-state index contributed by atoms with van der Waals surface area (Å²) < 4.78 is 0. The molecule has 0 spiro atoms. The van der Waals surface area contributed by atoms with Gasteiger partial charge in [-0.25, -0.2) is 0 Å². The van der Waals surface area contributed by atoms with Gasteiger partial charge in [0.25, 0.3) is 11.8 Å². The molecule has 2 heterocycles. The number of fused-ring (bicyclic) bond motifs is 1. The highest BCUT2D eigenvalue weighted by atomic mass is 16.2. The molecule has 0 saturated carbocycles. The molecule has 7 heteroatoms. The number of carbonyl (C=O) groups excluding carboxylic acids is 4. The molecule has 0 aliphatic carbocycles. The molecule has 3 rings (SSSR count). The summed E-state index contributed by atoms with van der Waals surface area (Å²) in [5, 5.41) is 4.50. The highest BCUT2D eigenvalue weighted by Gasteiger charge is 2.45. The first-order valence-electron chi connectivity index (χ1n) is 6.36. The second kappa shape index (κ2) is 4.69. The molecule has 2 aliphatic rings. The third kappa shape index (κ3) is 1.89. The molecule has 1 unspecified atom stereocenters. The van der Waals surface area contributed by atoms with Gasteiger partial charge in [0.15, 0.2) is 0 Å². The number of rotatable bonds is 2. The van der Waals surface area contributed by atoms with Gasteiger partial charge in [-0.15, -0.1) is 0 Å². The quantitative estimate of drug-likeness (QED) is 0.596. The first-order chi connectivity index (χ1) is 10.0. The molecule has 1 aromatic carbocycles. The topological polar surface area (TPSA) is 95.6 Å². The Morgan fingerprint density at radius 2 is 1.95 bits per heavy atom. The smallest absolute Gasteiger partial charge is 0.264 e. The number of anilines is 1. The molecule has 4 amide bonds. The van der Waals surface area contributed by atoms with Crippen LogP contribution in [0.4, 0.5) is 5.69 Å². The van der Waals surface area contributed by atoms with E-state index >= 15 is 0 Å². The largest absolute Gasteiger partial charge is 0.377 e. The van der Waals surface area contributed by atoms with E-state index in [0.717, 1.165) is 4.90 Å². The number of nitrogens with one attached hydrogen (secondary N) is 2. The summed E-state index contributed by atoms with van der Waals surface area (Å²) in [6.45, 7) is 0. The molecule has 106 valence electrons. The van der Waals surface area contributed by atoms with Gasteiger partial charge in [0, 0.05) is 12.1 Å². The lowest BCUT2D eigenvalue weighted by Gasteiger charge is -2.27. The van der Waals surface area contributed by atoms with Crippen LogP contribution in [0.2, 0.25) is 0 Å². The van der Waals surface area contributed by atoms with Crippen LogP contribution in [0.5, 0.6) is 0 Å². The van der Waals surface area contributed by atoms with Gasteiger partial charge in [0.2, 0.25) is 11.8 Å². The average Bonchev–Trinajstić information content (AvgIpc) is 2.72. The predicted octanol–water partition coefficient (Wildman–Crippen LogP) is 0.168. The highest BCUT2D eigenvalue weighted by Crippen LogP contribution is 2.32. The maximum atomic E-state index is 12.5. The number of imide groups is 2. The number of carbonyl (C=O) groups is 4. The van der Waals surface area contributed by atoms with Crippen molar-refractivity contribution in [2.75, 3.05) is 5.32 Å². The molecule has 2 aliphatic heterocycles. The lowest BCUT2D eigenvalue weighted by molar-refractivity contribution is -0.136. The third-order valence-electron chi connectivity index (χ3n) is 3.62. The number of benzene rings is 1. The Bertz CT molecular complexity index is 683. The van der Waals surface area contributed by atoms with Crippen molar-refractivity contribution in [3.05, 3.63) is 36.4 Å². The molecule has 1 saturated heterocycles. The molecule has 1 atom stereocenters. The van der Waals surface area contributed by atoms with Crippen LogP contribution in [-0.2, 0) is 9.59 Å². The van der Waals surface area contributed by atoms with Crippen molar-refractivity contribution >= 4 is 29.3 Å². The van der Waals surface area contributed by atoms with Gasteiger partial charge in [0.1, 0.15) is 6.04 Å². The maximum Gasteiger partial charge on any atom is 0.264 e. The molecule has 0 bridgehead atoms. The number of amides is 4. The zero-order chi connectivity index (χ0) is 15.1. The molecule has 2 N–H and O–H groups in total. The summed E-state index contributed by atoms with van der Waals surface area (Å²) in [6, 6.07) is 3.69. The molecule has 0 aromatic heterocycles. The van der Waals surface area contributed by atoms with E-state index in [-0.39, 0.29) is 24.0 Å². The van der Waals surface area contributed by atoms with E-state index in [0.29, 0.717) is 5.69 Å². The van der Waals surface area contributed by atoms with Gasteiger partial charge >= 0.3 is 0 Å². The molecule has 7 nitrogen and oxygen atoms in total. The van der Waals surface area contributed by atoms with E-state index in [1.54, 1.807) is 12.1 Å². The second-order valence-corrected chi connectivity index (χ2v) is 4.82. The number of hydrogen-bond donors (Lipinski definition) is 2. The van der Waals surface area contributed by atoms with Crippen molar-refractivity contribution in [3.8, 4) is 0 Å². The van der Waals surface area contributed by atoms with Crippen molar-refractivity contribution in [3.63, 3.8) is 0 Å². The van der Waals surface area contributed by atoms with E-state index in [1.165, 1.54) is 6.07 Å². The van der Waals surface area contributed by atoms with E-state index in [2.05, 4.69) is 10.6 Å². The Morgan fingerprint density at radius 1 is 1.19 bits per heavy atom. The summed E-state index contributed by atoms with van der Waals surface area (Å²) >= 11 is 0. The minimum atomic E-state index is -0.972. The monoisotopic (exact) mass is 285 g/mol. The van der Waals surface area contributed by atoms with Crippen molar-refractivity contribution in [2.24, 2.45) is 0 Å². The Kier molecular flexibility index (Phi) is 2.97. The fourth-order valence-electron chi connectivity index (χ4n) is 2.64. The Morgan fingerprint density at radius 3 is 2.62 bits per heavy atom. The van der Waals surface area contributed by atoms with Crippen LogP contribution in [0.3, 0.4) is 0 Å². The molecule has 1 fully saturated rings. The first kappa shape index (κ1) is 13.3. The zero-order valence-electron chi connectivity index (χ0n) is 10.9. The molecule has 2 radical (unpaired) electrons. The average molecular weight is 285 g/mol. The third-order valence-corrected chi connectivity index (χ3v) is 3.62. The second-order valence-electron chi connectivity index (χ2n) is 4.82. The standard InChI is InChI=1S/C14H11N3O4/c1-15-8-4-2-3-7-11(8)14(21)17(13(7)20)9-5-6-10(18)16-12(9)19/h1-4,9,15H,5-6H2,(H,16,18,19). The Labute approximate surface area is 120 Å². The molecular weight excluding hydrogens is 274 g/mol. The Balaban J connectivity index is 2.00. The fourth-order valence-corrected chi connectivity index (χ4v) is 2.64. The minimum Gasteiger partial charge on any atom is -0.377 e. The van der Waals surface area contributed by atoms with Gasteiger partial charge in [-0.3, -0.25) is 29.4 Å². The summed E-state index contributed by atoms with van der Waals surface area (Å²) in [4.78, 5) is 48.8. The maximum absolute atomic E-state index is 12.5. The molecule has 21 heavy (non-hydrogen) atoms. The summed E-state index contributed by atoms with van der Waals surface area (Å²) in [6.07, 6.45) is 0.216. The van der Waals surface area contributed by atoms with Crippen LogP contribution in [0.1, 0.15) is 33.6 Å². The summed E-state index contributed by atoms with van der Waals surface area (Å²) in [5.74, 6) is -2.18. The van der Waals surface area contributed by atoms with Crippen molar-refractivity contribution in [1.29, 1.82) is 0 Å². The first-order valence-corrected chi connectivity index (χ1v) is 6.36. The minimum absolute atomic E-state index is 0.0891. The Hall–Kier alpha value is -2.70. The number of hydrogen-bond acceptors (Lipinski definition) is 5. The van der Waals surface area contributed by atoms with E-state index in [9.17, 15) is 19.2 Å². The van der Waals surface area contributed by atoms with Crippen LogP contribution in [0.15, 0.2) is 18.2 Å². The van der Waals surface area contributed by atoms with Crippen LogP contribution < -0.4 is 10.6 Å². The summed E-state index contributed by atoms with van der Waals surface area (Å²) in [5.41, 5.74) is 0.662.